The van der Waals surface area contributed by atoms with Crippen molar-refractivity contribution in [2.45, 2.75) is 19.6 Å². The van der Waals surface area contributed by atoms with Gasteiger partial charge in [-0.25, -0.2) is 9.67 Å². The molecule has 0 fully saturated rings. The summed E-state index contributed by atoms with van der Waals surface area (Å²) in [5.74, 6) is -0.889. The Labute approximate surface area is 110 Å². The average molecular weight is 320 g/mol. The summed E-state index contributed by atoms with van der Waals surface area (Å²) < 4.78 is 39.7. The molecule has 18 heavy (non-hydrogen) atoms. The van der Waals surface area contributed by atoms with Crippen LogP contribution in [0.3, 0.4) is 0 Å². The van der Waals surface area contributed by atoms with Gasteiger partial charge in [0, 0.05) is 16.6 Å². The van der Waals surface area contributed by atoms with Crippen molar-refractivity contribution in [3.05, 3.63) is 34.6 Å². The van der Waals surface area contributed by atoms with E-state index in [-0.39, 0.29) is 5.82 Å². The molecule has 0 saturated heterocycles. The number of aromatic nitrogens is 3. The lowest BCUT2D eigenvalue weighted by Crippen LogP contribution is -2.08. The summed E-state index contributed by atoms with van der Waals surface area (Å²) in [6, 6.07) is 6.88. The molecule has 0 atom stereocenters. The van der Waals surface area contributed by atoms with Crippen LogP contribution in [0.4, 0.5) is 13.2 Å². The lowest BCUT2D eigenvalue weighted by molar-refractivity contribution is -0.144. The van der Waals surface area contributed by atoms with Crippen LogP contribution in [0.15, 0.2) is 28.7 Å². The lowest BCUT2D eigenvalue weighted by atomic mass is 10.2. The third kappa shape index (κ3) is 2.55. The minimum Gasteiger partial charge on any atom is -0.245 e. The van der Waals surface area contributed by atoms with Gasteiger partial charge in [0.1, 0.15) is 0 Å². The number of halogens is 4. The standard InChI is InChI=1S/C11H9BrF3N3/c1-2-18-9(7-3-5-8(12)6-4-7)16-10(17-18)11(13,14)15/h3-6H,2H2,1H3. The van der Waals surface area contributed by atoms with Crippen molar-refractivity contribution in [3.63, 3.8) is 0 Å². The number of aryl methyl sites for hydroxylation is 1. The van der Waals surface area contributed by atoms with Gasteiger partial charge in [-0.05, 0) is 19.1 Å². The summed E-state index contributed by atoms with van der Waals surface area (Å²) in [5, 5.41) is 3.47. The maximum atomic E-state index is 12.6. The van der Waals surface area contributed by atoms with Crippen LogP contribution in [0.5, 0.6) is 0 Å². The molecule has 0 aliphatic rings. The largest absolute Gasteiger partial charge is 0.453 e. The van der Waals surface area contributed by atoms with Crippen molar-refractivity contribution >= 4 is 15.9 Å². The molecule has 0 aliphatic carbocycles. The number of benzene rings is 1. The molecule has 2 rings (SSSR count). The van der Waals surface area contributed by atoms with E-state index in [1.54, 1.807) is 31.2 Å². The second-order valence-corrected chi connectivity index (χ2v) is 4.50. The van der Waals surface area contributed by atoms with Gasteiger partial charge in [0.25, 0.3) is 5.82 Å². The van der Waals surface area contributed by atoms with E-state index in [9.17, 15) is 13.2 Å². The van der Waals surface area contributed by atoms with Gasteiger partial charge in [0.2, 0.25) is 0 Å². The van der Waals surface area contributed by atoms with Gasteiger partial charge in [0.15, 0.2) is 5.82 Å². The molecule has 0 saturated carbocycles. The van der Waals surface area contributed by atoms with E-state index in [4.69, 9.17) is 0 Å². The highest BCUT2D eigenvalue weighted by Crippen LogP contribution is 2.29. The Hall–Kier alpha value is -1.37. The summed E-state index contributed by atoms with van der Waals surface area (Å²) in [6.45, 7) is 2.05. The number of hydrogen-bond acceptors (Lipinski definition) is 2. The summed E-state index contributed by atoms with van der Waals surface area (Å²) in [7, 11) is 0. The van der Waals surface area contributed by atoms with Crippen LogP contribution in [-0.4, -0.2) is 14.8 Å². The van der Waals surface area contributed by atoms with Crippen LogP contribution in [-0.2, 0) is 12.7 Å². The number of hydrogen-bond donors (Lipinski definition) is 0. The Balaban J connectivity index is 2.50. The van der Waals surface area contributed by atoms with Gasteiger partial charge < -0.3 is 0 Å². The summed E-state index contributed by atoms with van der Waals surface area (Å²) >= 11 is 3.27. The summed E-state index contributed by atoms with van der Waals surface area (Å²) in [6.07, 6.45) is -4.52. The third-order valence-corrected chi connectivity index (χ3v) is 2.86. The topological polar surface area (TPSA) is 30.7 Å². The molecule has 0 N–H and O–H groups in total. The molecule has 0 unspecified atom stereocenters. The Morgan fingerprint density at radius 2 is 1.83 bits per heavy atom. The Bertz CT molecular complexity index is 546. The quantitative estimate of drug-likeness (QED) is 0.844. The van der Waals surface area contributed by atoms with Crippen molar-refractivity contribution in [3.8, 4) is 11.4 Å². The highest BCUT2D eigenvalue weighted by molar-refractivity contribution is 9.10. The number of nitrogens with zero attached hydrogens (tertiary/aromatic N) is 3. The van der Waals surface area contributed by atoms with Crippen molar-refractivity contribution in [1.82, 2.24) is 14.8 Å². The Morgan fingerprint density at radius 3 is 2.33 bits per heavy atom. The zero-order valence-corrected chi connectivity index (χ0v) is 11.0. The van der Waals surface area contributed by atoms with E-state index >= 15 is 0 Å². The minimum absolute atomic E-state index is 0.220. The highest BCUT2D eigenvalue weighted by Gasteiger charge is 2.37. The van der Waals surface area contributed by atoms with Crippen molar-refractivity contribution < 1.29 is 13.2 Å². The van der Waals surface area contributed by atoms with Gasteiger partial charge >= 0.3 is 6.18 Å². The lowest BCUT2D eigenvalue weighted by Gasteiger charge is -2.02. The van der Waals surface area contributed by atoms with Gasteiger partial charge in [-0.15, -0.1) is 5.10 Å². The zero-order valence-electron chi connectivity index (χ0n) is 9.37. The van der Waals surface area contributed by atoms with Crippen LogP contribution in [0.2, 0.25) is 0 Å². The predicted octanol–water partition coefficient (Wildman–Crippen LogP) is 3.75. The van der Waals surface area contributed by atoms with E-state index in [1.165, 1.54) is 4.68 Å². The van der Waals surface area contributed by atoms with Crippen LogP contribution in [0, 0.1) is 0 Å². The van der Waals surface area contributed by atoms with E-state index in [0.29, 0.717) is 12.1 Å². The first-order valence-corrected chi connectivity index (χ1v) is 5.99. The van der Waals surface area contributed by atoms with E-state index in [0.717, 1.165) is 4.47 Å². The van der Waals surface area contributed by atoms with Crippen LogP contribution in [0.1, 0.15) is 12.7 Å². The van der Waals surface area contributed by atoms with Gasteiger partial charge in [-0.3, -0.25) is 0 Å². The monoisotopic (exact) mass is 319 g/mol. The van der Waals surface area contributed by atoms with Crippen LogP contribution < -0.4 is 0 Å². The zero-order chi connectivity index (χ0) is 13.3. The molecule has 3 nitrogen and oxygen atoms in total. The highest BCUT2D eigenvalue weighted by atomic mass is 79.9. The fourth-order valence-electron chi connectivity index (χ4n) is 1.50. The predicted molar refractivity (Wildman–Crippen MR) is 63.8 cm³/mol. The molecule has 0 aliphatic heterocycles. The normalized spacial score (nSPS) is 11.8. The molecule has 0 spiro atoms. The molecular weight excluding hydrogens is 311 g/mol. The first-order chi connectivity index (χ1) is 8.41. The molecule has 96 valence electrons. The molecule has 0 bridgehead atoms. The molecule has 2 aromatic rings. The van der Waals surface area contributed by atoms with E-state index in [2.05, 4.69) is 26.0 Å². The number of rotatable bonds is 2. The fraction of sp³-hybridized carbons (Fsp3) is 0.273. The molecule has 0 amide bonds. The molecule has 1 aromatic heterocycles. The van der Waals surface area contributed by atoms with Crippen LogP contribution >= 0.6 is 15.9 Å². The van der Waals surface area contributed by atoms with Crippen molar-refractivity contribution in [1.29, 1.82) is 0 Å². The van der Waals surface area contributed by atoms with Gasteiger partial charge in [-0.1, -0.05) is 28.1 Å². The maximum absolute atomic E-state index is 12.6. The fourth-order valence-corrected chi connectivity index (χ4v) is 1.76. The van der Waals surface area contributed by atoms with Crippen molar-refractivity contribution in [2.75, 3.05) is 0 Å². The Morgan fingerprint density at radius 1 is 1.22 bits per heavy atom. The smallest absolute Gasteiger partial charge is 0.245 e. The van der Waals surface area contributed by atoms with Gasteiger partial charge in [-0.2, -0.15) is 13.2 Å². The molecule has 1 heterocycles. The van der Waals surface area contributed by atoms with Crippen LogP contribution in [0.25, 0.3) is 11.4 Å². The SMILES string of the molecule is CCn1nc(C(F)(F)F)nc1-c1ccc(Br)cc1. The van der Waals surface area contributed by atoms with E-state index in [1.807, 2.05) is 0 Å². The molecule has 1 aromatic carbocycles. The first kappa shape index (κ1) is 13.1. The van der Waals surface area contributed by atoms with Gasteiger partial charge in [0.05, 0.1) is 0 Å². The Kier molecular flexibility index (Phi) is 3.43. The summed E-state index contributed by atoms with van der Waals surface area (Å²) in [5.41, 5.74) is 0.600. The summed E-state index contributed by atoms with van der Waals surface area (Å²) in [4.78, 5) is 3.56. The second-order valence-electron chi connectivity index (χ2n) is 3.58. The number of alkyl halides is 3. The van der Waals surface area contributed by atoms with Crippen molar-refractivity contribution in [2.24, 2.45) is 0 Å². The first-order valence-electron chi connectivity index (χ1n) is 5.20. The molecular formula is C11H9BrF3N3. The molecule has 7 heteroatoms. The van der Waals surface area contributed by atoms with E-state index < -0.39 is 12.0 Å². The third-order valence-electron chi connectivity index (χ3n) is 2.33. The maximum Gasteiger partial charge on any atom is 0.453 e. The minimum atomic E-state index is -4.52. The second kappa shape index (κ2) is 4.72. The molecule has 0 radical (unpaired) electrons. The average Bonchev–Trinajstić information content (AvgIpc) is 2.73.